The maximum Gasteiger partial charge on any atom is 0.277 e. The van der Waals surface area contributed by atoms with E-state index in [2.05, 4.69) is 5.32 Å². The number of carbonyl (C=O) groups is 1. The standard InChI is InChI=1S/C16H22F2N2O3/c1-22-14-8-11(15(21)20-10-16(17,18)9-19)6-7-13(14)23-12-4-2-3-5-12/h6-8,12H,2-5,9-10,19H2,1H3,(H,20,21). The Kier molecular flexibility index (Phi) is 5.76. The summed E-state index contributed by atoms with van der Waals surface area (Å²) in [6.45, 7) is -1.62. The molecule has 128 valence electrons. The third kappa shape index (κ3) is 4.79. The van der Waals surface area contributed by atoms with Crippen LogP contribution in [0, 0.1) is 0 Å². The largest absolute Gasteiger partial charge is 0.493 e. The summed E-state index contributed by atoms with van der Waals surface area (Å²) in [6, 6.07) is 4.65. The van der Waals surface area contributed by atoms with E-state index in [-0.39, 0.29) is 11.7 Å². The number of nitrogens with two attached hydrogens (primary N) is 1. The second-order valence-electron chi connectivity index (χ2n) is 5.63. The van der Waals surface area contributed by atoms with Crippen LogP contribution in [0.25, 0.3) is 0 Å². The summed E-state index contributed by atoms with van der Waals surface area (Å²) in [5.41, 5.74) is 5.17. The minimum Gasteiger partial charge on any atom is -0.493 e. The Bertz CT molecular complexity index is 546. The number of amides is 1. The van der Waals surface area contributed by atoms with Crippen LogP contribution in [0.1, 0.15) is 36.0 Å². The van der Waals surface area contributed by atoms with Crippen LogP contribution in [0.4, 0.5) is 8.78 Å². The third-order valence-corrected chi connectivity index (χ3v) is 3.83. The number of alkyl halides is 2. The Morgan fingerprint density at radius 2 is 2.04 bits per heavy atom. The first-order valence-electron chi connectivity index (χ1n) is 7.66. The van der Waals surface area contributed by atoms with Crippen LogP contribution in [-0.2, 0) is 0 Å². The van der Waals surface area contributed by atoms with E-state index in [0.717, 1.165) is 25.7 Å². The van der Waals surface area contributed by atoms with Gasteiger partial charge in [-0.05, 0) is 43.9 Å². The minimum absolute atomic E-state index is 0.159. The average Bonchev–Trinajstić information content (AvgIpc) is 3.06. The lowest BCUT2D eigenvalue weighted by atomic mass is 10.1. The maximum absolute atomic E-state index is 13.1. The predicted octanol–water partition coefficient (Wildman–Crippen LogP) is 2.34. The minimum atomic E-state index is -3.12. The van der Waals surface area contributed by atoms with Crippen LogP contribution in [-0.4, -0.2) is 38.1 Å². The fourth-order valence-corrected chi connectivity index (χ4v) is 2.48. The van der Waals surface area contributed by atoms with Gasteiger partial charge in [-0.2, -0.15) is 0 Å². The molecule has 0 radical (unpaired) electrons. The number of carbonyl (C=O) groups excluding carboxylic acids is 1. The van der Waals surface area contributed by atoms with Crippen molar-refractivity contribution in [2.24, 2.45) is 5.73 Å². The monoisotopic (exact) mass is 328 g/mol. The second kappa shape index (κ2) is 7.59. The molecule has 0 aliphatic heterocycles. The van der Waals surface area contributed by atoms with Gasteiger partial charge in [0.25, 0.3) is 11.8 Å². The summed E-state index contributed by atoms with van der Waals surface area (Å²) in [5.74, 6) is -2.76. The van der Waals surface area contributed by atoms with Gasteiger partial charge in [-0.3, -0.25) is 4.79 Å². The van der Waals surface area contributed by atoms with Crippen molar-refractivity contribution in [3.63, 3.8) is 0 Å². The van der Waals surface area contributed by atoms with Crippen molar-refractivity contribution in [1.29, 1.82) is 0 Å². The van der Waals surface area contributed by atoms with E-state index in [1.807, 2.05) is 0 Å². The van der Waals surface area contributed by atoms with Gasteiger partial charge in [-0.1, -0.05) is 0 Å². The van der Waals surface area contributed by atoms with Gasteiger partial charge in [0, 0.05) is 5.56 Å². The molecule has 1 aliphatic rings. The number of benzene rings is 1. The first-order valence-corrected chi connectivity index (χ1v) is 7.66. The number of ether oxygens (including phenoxy) is 2. The number of hydrogen-bond donors (Lipinski definition) is 2. The first-order chi connectivity index (χ1) is 10.9. The Labute approximate surface area is 134 Å². The summed E-state index contributed by atoms with van der Waals surface area (Å²) < 4.78 is 37.3. The van der Waals surface area contributed by atoms with Gasteiger partial charge in [0.1, 0.15) is 0 Å². The third-order valence-electron chi connectivity index (χ3n) is 3.83. The van der Waals surface area contributed by atoms with Crippen LogP contribution in [0.2, 0.25) is 0 Å². The van der Waals surface area contributed by atoms with Gasteiger partial charge in [0.15, 0.2) is 11.5 Å². The zero-order valence-electron chi connectivity index (χ0n) is 13.1. The van der Waals surface area contributed by atoms with Gasteiger partial charge < -0.3 is 20.5 Å². The van der Waals surface area contributed by atoms with E-state index < -0.39 is 24.9 Å². The molecular formula is C16H22F2N2O3. The van der Waals surface area contributed by atoms with Gasteiger partial charge in [-0.15, -0.1) is 0 Å². The molecule has 0 aromatic heterocycles. The lowest BCUT2D eigenvalue weighted by Crippen LogP contribution is -2.41. The number of hydrogen-bond acceptors (Lipinski definition) is 4. The summed E-state index contributed by atoms with van der Waals surface area (Å²) >= 11 is 0. The van der Waals surface area contributed by atoms with Crippen molar-refractivity contribution in [2.75, 3.05) is 20.2 Å². The molecule has 3 N–H and O–H groups in total. The second-order valence-corrected chi connectivity index (χ2v) is 5.63. The molecule has 23 heavy (non-hydrogen) atoms. The van der Waals surface area contributed by atoms with Gasteiger partial charge in [0.2, 0.25) is 0 Å². The molecule has 1 amide bonds. The molecule has 0 heterocycles. The summed E-state index contributed by atoms with van der Waals surface area (Å²) in [5, 5.41) is 2.17. The molecule has 2 rings (SSSR count). The Morgan fingerprint density at radius 1 is 1.35 bits per heavy atom. The zero-order valence-corrected chi connectivity index (χ0v) is 13.1. The zero-order chi connectivity index (χ0) is 16.9. The Balaban J connectivity index is 2.03. The van der Waals surface area contributed by atoms with Gasteiger partial charge in [-0.25, -0.2) is 8.78 Å². The van der Waals surface area contributed by atoms with Crippen molar-refractivity contribution in [2.45, 2.75) is 37.7 Å². The van der Waals surface area contributed by atoms with E-state index in [9.17, 15) is 13.6 Å². The molecule has 1 fully saturated rings. The number of methoxy groups -OCH3 is 1. The molecule has 1 aliphatic carbocycles. The van der Waals surface area contributed by atoms with Crippen LogP contribution in [0.3, 0.4) is 0 Å². The fourth-order valence-electron chi connectivity index (χ4n) is 2.48. The summed E-state index contributed by atoms with van der Waals surface area (Å²) in [4.78, 5) is 11.9. The first kappa shape index (κ1) is 17.5. The van der Waals surface area contributed by atoms with Crippen molar-refractivity contribution >= 4 is 5.91 Å². The van der Waals surface area contributed by atoms with Crippen molar-refractivity contribution in [3.05, 3.63) is 23.8 Å². The van der Waals surface area contributed by atoms with Gasteiger partial charge >= 0.3 is 0 Å². The van der Waals surface area contributed by atoms with E-state index >= 15 is 0 Å². The van der Waals surface area contributed by atoms with Crippen LogP contribution in [0.15, 0.2) is 18.2 Å². The highest BCUT2D eigenvalue weighted by Gasteiger charge is 2.27. The maximum atomic E-state index is 13.1. The molecule has 0 spiro atoms. The molecule has 0 bridgehead atoms. The average molecular weight is 328 g/mol. The van der Waals surface area contributed by atoms with Crippen molar-refractivity contribution < 1.29 is 23.0 Å². The summed E-state index contributed by atoms with van der Waals surface area (Å²) in [6.07, 6.45) is 4.44. The predicted molar refractivity (Wildman–Crippen MR) is 82.2 cm³/mol. The van der Waals surface area contributed by atoms with Crippen LogP contribution < -0.4 is 20.5 Å². The normalized spacial score (nSPS) is 15.5. The van der Waals surface area contributed by atoms with Crippen LogP contribution in [0.5, 0.6) is 11.5 Å². The molecule has 0 atom stereocenters. The van der Waals surface area contributed by atoms with Crippen molar-refractivity contribution in [1.82, 2.24) is 5.32 Å². The van der Waals surface area contributed by atoms with E-state index in [1.54, 1.807) is 6.07 Å². The SMILES string of the molecule is COc1cc(C(=O)NCC(F)(F)CN)ccc1OC1CCCC1. The van der Waals surface area contributed by atoms with Gasteiger partial charge in [0.05, 0.1) is 26.3 Å². The number of nitrogens with one attached hydrogen (secondary N) is 1. The number of rotatable bonds is 7. The van der Waals surface area contributed by atoms with E-state index in [4.69, 9.17) is 15.2 Å². The highest BCUT2D eigenvalue weighted by Crippen LogP contribution is 2.32. The molecule has 7 heteroatoms. The molecular weight excluding hydrogens is 306 g/mol. The fraction of sp³-hybridized carbons (Fsp3) is 0.562. The molecule has 0 saturated heterocycles. The van der Waals surface area contributed by atoms with E-state index in [1.165, 1.54) is 19.2 Å². The number of halogens is 2. The molecule has 1 aromatic carbocycles. The van der Waals surface area contributed by atoms with Crippen molar-refractivity contribution in [3.8, 4) is 11.5 Å². The molecule has 0 unspecified atom stereocenters. The van der Waals surface area contributed by atoms with Crippen LogP contribution >= 0.6 is 0 Å². The molecule has 1 saturated carbocycles. The summed E-state index contributed by atoms with van der Waals surface area (Å²) in [7, 11) is 1.47. The smallest absolute Gasteiger partial charge is 0.277 e. The quantitative estimate of drug-likeness (QED) is 0.806. The topological polar surface area (TPSA) is 73.6 Å². The molecule has 5 nitrogen and oxygen atoms in total. The Morgan fingerprint density at radius 3 is 2.65 bits per heavy atom. The Hall–Kier alpha value is -1.89. The molecule has 1 aromatic rings. The van der Waals surface area contributed by atoms with E-state index in [0.29, 0.717) is 11.5 Å². The lowest BCUT2D eigenvalue weighted by molar-refractivity contribution is 0.0118. The highest BCUT2D eigenvalue weighted by atomic mass is 19.3. The lowest BCUT2D eigenvalue weighted by Gasteiger charge is -2.17. The highest BCUT2D eigenvalue weighted by molar-refractivity contribution is 5.94.